The molecule has 0 amide bonds. The normalized spacial score (nSPS) is 31.0. The molecule has 1 N–H and O–H groups in total. The predicted octanol–water partition coefficient (Wildman–Crippen LogP) is 2.52. The topological polar surface area (TPSA) is 12.0 Å². The fourth-order valence-corrected chi connectivity index (χ4v) is 2.75. The Morgan fingerprint density at radius 2 is 2.25 bits per heavy atom. The Morgan fingerprint density at radius 3 is 2.83 bits per heavy atom. The molecule has 0 aliphatic carbocycles. The van der Waals surface area contributed by atoms with Crippen molar-refractivity contribution in [1.82, 2.24) is 5.32 Å². The van der Waals surface area contributed by atoms with Crippen LogP contribution in [0, 0.1) is 5.92 Å². The van der Waals surface area contributed by atoms with Crippen molar-refractivity contribution in [2.75, 3.05) is 12.3 Å². The van der Waals surface area contributed by atoms with Crippen molar-refractivity contribution < 1.29 is 0 Å². The van der Waals surface area contributed by atoms with E-state index in [0.717, 1.165) is 17.2 Å². The zero-order valence-corrected chi connectivity index (χ0v) is 9.29. The number of thioether (sulfide) groups is 1. The summed E-state index contributed by atoms with van der Waals surface area (Å²) in [6.07, 6.45) is 2.77. The molecule has 2 heteroatoms. The maximum Gasteiger partial charge on any atom is 0.0184 e. The lowest BCUT2D eigenvalue weighted by atomic mass is 10.1. The first-order valence-corrected chi connectivity index (χ1v) is 6.10. The average Bonchev–Trinajstić information content (AvgIpc) is 2.03. The van der Waals surface area contributed by atoms with Gasteiger partial charge in [-0.15, -0.1) is 0 Å². The summed E-state index contributed by atoms with van der Waals surface area (Å²) in [5, 5.41) is 4.47. The predicted molar refractivity (Wildman–Crippen MR) is 57.8 cm³/mol. The summed E-state index contributed by atoms with van der Waals surface area (Å²) in [4.78, 5) is 0. The van der Waals surface area contributed by atoms with E-state index < -0.39 is 0 Å². The first-order chi connectivity index (χ1) is 5.70. The van der Waals surface area contributed by atoms with E-state index in [0.29, 0.717) is 0 Å². The smallest absolute Gasteiger partial charge is 0.0184 e. The maximum absolute atomic E-state index is 3.65. The number of nitrogens with one attached hydrogen (secondary N) is 1. The molecule has 0 spiro atoms. The van der Waals surface area contributed by atoms with Gasteiger partial charge >= 0.3 is 0 Å². The maximum atomic E-state index is 3.65. The molecule has 1 rings (SSSR count). The molecule has 2 atom stereocenters. The molecule has 0 saturated carbocycles. The van der Waals surface area contributed by atoms with Crippen LogP contribution in [0.3, 0.4) is 0 Å². The van der Waals surface area contributed by atoms with Crippen molar-refractivity contribution in [2.24, 2.45) is 5.92 Å². The Morgan fingerprint density at radius 1 is 1.50 bits per heavy atom. The SMILES string of the molecule is CC(C)CNC1CCCSC1C. The van der Waals surface area contributed by atoms with Gasteiger partial charge in [0.1, 0.15) is 0 Å². The van der Waals surface area contributed by atoms with Gasteiger partial charge in [-0.2, -0.15) is 11.8 Å². The van der Waals surface area contributed by atoms with Crippen molar-refractivity contribution in [1.29, 1.82) is 0 Å². The van der Waals surface area contributed by atoms with Crippen LogP contribution in [-0.2, 0) is 0 Å². The van der Waals surface area contributed by atoms with E-state index in [2.05, 4.69) is 37.8 Å². The number of hydrogen-bond donors (Lipinski definition) is 1. The first kappa shape index (κ1) is 10.4. The van der Waals surface area contributed by atoms with Gasteiger partial charge in [-0.3, -0.25) is 0 Å². The highest BCUT2D eigenvalue weighted by Crippen LogP contribution is 2.24. The van der Waals surface area contributed by atoms with E-state index >= 15 is 0 Å². The second-order valence-corrected chi connectivity index (χ2v) is 5.61. The standard InChI is InChI=1S/C10H21NS/c1-8(2)7-11-10-5-4-6-12-9(10)3/h8-11H,4-7H2,1-3H3. The van der Waals surface area contributed by atoms with Gasteiger partial charge in [-0.25, -0.2) is 0 Å². The lowest BCUT2D eigenvalue weighted by Crippen LogP contribution is -2.40. The zero-order chi connectivity index (χ0) is 8.97. The Bertz CT molecular complexity index is 125. The van der Waals surface area contributed by atoms with Gasteiger partial charge in [0.15, 0.2) is 0 Å². The second-order valence-electron chi connectivity index (χ2n) is 4.13. The molecule has 1 fully saturated rings. The van der Waals surface area contributed by atoms with Crippen LogP contribution < -0.4 is 5.32 Å². The van der Waals surface area contributed by atoms with Crippen molar-refractivity contribution >= 4 is 11.8 Å². The molecular weight excluding hydrogens is 166 g/mol. The molecule has 12 heavy (non-hydrogen) atoms. The molecule has 0 aromatic heterocycles. The molecule has 0 radical (unpaired) electrons. The molecule has 1 nitrogen and oxygen atoms in total. The molecule has 1 saturated heterocycles. The largest absolute Gasteiger partial charge is 0.313 e. The van der Waals surface area contributed by atoms with Crippen LogP contribution in [-0.4, -0.2) is 23.6 Å². The quantitative estimate of drug-likeness (QED) is 0.728. The minimum absolute atomic E-state index is 0.770. The highest BCUT2D eigenvalue weighted by Gasteiger charge is 2.20. The Kier molecular flexibility index (Phi) is 4.44. The van der Waals surface area contributed by atoms with Crippen molar-refractivity contribution in [2.45, 2.75) is 44.9 Å². The summed E-state index contributed by atoms with van der Waals surface area (Å²) < 4.78 is 0. The molecular formula is C10H21NS. The Labute approximate surface area is 80.7 Å². The summed E-state index contributed by atoms with van der Waals surface area (Å²) in [6.45, 7) is 8.07. The van der Waals surface area contributed by atoms with Crippen molar-refractivity contribution in [3.63, 3.8) is 0 Å². The minimum Gasteiger partial charge on any atom is -0.313 e. The molecule has 2 unspecified atom stereocenters. The molecule has 72 valence electrons. The van der Waals surface area contributed by atoms with Crippen LogP contribution in [0.25, 0.3) is 0 Å². The third kappa shape index (κ3) is 3.36. The van der Waals surface area contributed by atoms with Crippen LogP contribution >= 0.6 is 11.8 Å². The van der Waals surface area contributed by atoms with Crippen LogP contribution in [0.15, 0.2) is 0 Å². The Hall–Kier alpha value is 0.310. The van der Waals surface area contributed by atoms with E-state index in [1.807, 2.05) is 0 Å². The van der Waals surface area contributed by atoms with Crippen molar-refractivity contribution in [3.05, 3.63) is 0 Å². The Balaban J connectivity index is 2.20. The first-order valence-electron chi connectivity index (χ1n) is 5.05. The zero-order valence-electron chi connectivity index (χ0n) is 8.47. The molecule has 1 heterocycles. The monoisotopic (exact) mass is 187 g/mol. The van der Waals surface area contributed by atoms with E-state index in [-0.39, 0.29) is 0 Å². The van der Waals surface area contributed by atoms with Gasteiger partial charge in [-0.05, 0) is 31.1 Å². The van der Waals surface area contributed by atoms with Gasteiger partial charge < -0.3 is 5.32 Å². The highest BCUT2D eigenvalue weighted by molar-refractivity contribution is 7.99. The molecule has 0 aromatic carbocycles. The average molecular weight is 187 g/mol. The fraction of sp³-hybridized carbons (Fsp3) is 1.00. The number of hydrogen-bond acceptors (Lipinski definition) is 2. The second kappa shape index (κ2) is 5.13. The summed E-state index contributed by atoms with van der Waals surface area (Å²) in [5.74, 6) is 2.14. The third-order valence-electron chi connectivity index (χ3n) is 2.40. The van der Waals surface area contributed by atoms with Crippen LogP contribution in [0.4, 0.5) is 0 Å². The van der Waals surface area contributed by atoms with Gasteiger partial charge in [-0.1, -0.05) is 20.8 Å². The van der Waals surface area contributed by atoms with Gasteiger partial charge in [0.25, 0.3) is 0 Å². The number of rotatable bonds is 3. The van der Waals surface area contributed by atoms with Gasteiger partial charge in [0.2, 0.25) is 0 Å². The summed E-state index contributed by atoms with van der Waals surface area (Å²) >= 11 is 2.12. The van der Waals surface area contributed by atoms with Crippen molar-refractivity contribution in [3.8, 4) is 0 Å². The summed E-state index contributed by atoms with van der Waals surface area (Å²) in [7, 11) is 0. The highest BCUT2D eigenvalue weighted by atomic mass is 32.2. The van der Waals surface area contributed by atoms with Crippen LogP contribution in [0.2, 0.25) is 0 Å². The minimum atomic E-state index is 0.770. The summed E-state index contributed by atoms with van der Waals surface area (Å²) in [5.41, 5.74) is 0. The summed E-state index contributed by atoms with van der Waals surface area (Å²) in [6, 6.07) is 0.770. The molecule has 1 aliphatic rings. The lowest BCUT2D eigenvalue weighted by molar-refractivity contribution is 0.428. The van der Waals surface area contributed by atoms with E-state index in [4.69, 9.17) is 0 Å². The molecule has 0 aromatic rings. The van der Waals surface area contributed by atoms with Crippen LogP contribution in [0.1, 0.15) is 33.6 Å². The van der Waals surface area contributed by atoms with Gasteiger partial charge in [0, 0.05) is 11.3 Å². The lowest BCUT2D eigenvalue weighted by Gasteiger charge is -2.29. The molecule has 0 bridgehead atoms. The van der Waals surface area contributed by atoms with E-state index in [9.17, 15) is 0 Å². The van der Waals surface area contributed by atoms with Gasteiger partial charge in [0.05, 0.1) is 0 Å². The van der Waals surface area contributed by atoms with Crippen LogP contribution in [0.5, 0.6) is 0 Å². The third-order valence-corrected chi connectivity index (χ3v) is 3.77. The fourth-order valence-electron chi connectivity index (χ4n) is 1.58. The van der Waals surface area contributed by atoms with E-state index in [1.165, 1.54) is 25.1 Å². The van der Waals surface area contributed by atoms with E-state index in [1.54, 1.807) is 0 Å². The molecule has 1 aliphatic heterocycles.